The third-order valence-electron chi connectivity index (χ3n) is 5.27. The van der Waals surface area contributed by atoms with Crippen molar-refractivity contribution in [1.29, 1.82) is 0 Å². The van der Waals surface area contributed by atoms with E-state index in [1.54, 1.807) is 11.3 Å². The summed E-state index contributed by atoms with van der Waals surface area (Å²) >= 11 is 7.69. The van der Waals surface area contributed by atoms with Crippen LogP contribution >= 0.6 is 22.9 Å². The normalized spacial score (nSPS) is 15.7. The van der Waals surface area contributed by atoms with Crippen LogP contribution in [-0.2, 0) is 6.54 Å². The zero-order chi connectivity index (χ0) is 20.0. The van der Waals surface area contributed by atoms with E-state index in [1.807, 2.05) is 40.6 Å². The molecule has 0 bridgehead atoms. The maximum absolute atomic E-state index is 13.3. The number of thiophene rings is 1. The van der Waals surface area contributed by atoms with Gasteiger partial charge in [-0.3, -0.25) is 9.89 Å². The van der Waals surface area contributed by atoms with Crippen LogP contribution in [0.5, 0.6) is 0 Å². The Morgan fingerprint density at radius 3 is 2.55 bits per heavy atom. The summed E-state index contributed by atoms with van der Waals surface area (Å²) in [7, 11) is 0. The van der Waals surface area contributed by atoms with Crippen LogP contribution in [0.4, 0.5) is 0 Å². The molecule has 4 nitrogen and oxygen atoms in total. The van der Waals surface area contributed by atoms with Gasteiger partial charge in [0.1, 0.15) is 5.69 Å². The summed E-state index contributed by atoms with van der Waals surface area (Å²) in [5.74, 6) is -0.0285. The van der Waals surface area contributed by atoms with E-state index in [4.69, 9.17) is 11.6 Å². The molecule has 1 aliphatic rings. The highest BCUT2D eigenvalue weighted by Gasteiger charge is 2.42. The highest BCUT2D eigenvalue weighted by molar-refractivity contribution is 7.10. The molecular weight excluding hydrogens is 402 g/mol. The van der Waals surface area contributed by atoms with Crippen molar-refractivity contribution >= 4 is 28.8 Å². The van der Waals surface area contributed by atoms with Crippen LogP contribution in [0, 0.1) is 6.92 Å². The fourth-order valence-corrected chi connectivity index (χ4v) is 4.79. The van der Waals surface area contributed by atoms with Crippen molar-refractivity contribution in [2.45, 2.75) is 19.5 Å². The van der Waals surface area contributed by atoms with Crippen molar-refractivity contribution in [2.75, 3.05) is 0 Å². The molecule has 1 aliphatic heterocycles. The summed E-state index contributed by atoms with van der Waals surface area (Å²) < 4.78 is 0. The molecular formula is C23H18ClN3OS. The fraction of sp³-hybridized carbons (Fsp3) is 0.130. The maximum atomic E-state index is 13.3. The van der Waals surface area contributed by atoms with E-state index in [0.29, 0.717) is 17.3 Å². The zero-order valence-corrected chi connectivity index (χ0v) is 17.3. The second kappa shape index (κ2) is 7.17. The van der Waals surface area contributed by atoms with Gasteiger partial charge in [-0.05, 0) is 36.1 Å². The Labute approximate surface area is 177 Å². The smallest absolute Gasteiger partial charge is 0.273 e. The van der Waals surface area contributed by atoms with Crippen molar-refractivity contribution in [3.8, 4) is 11.3 Å². The SMILES string of the molecule is Cc1ccc(-c2n[nH]c3c2C(c2cccs2)N(Cc2ccc(Cl)cc2)C3=O)cc1. The minimum atomic E-state index is -0.164. The number of benzene rings is 2. The number of aryl methyl sites for hydroxylation is 1. The number of halogens is 1. The molecule has 2 aromatic carbocycles. The number of aromatic nitrogens is 2. The van der Waals surface area contributed by atoms with Gasteiger partial charge in [0.25, 0.3) is 5.91 Å². The van der Waals surface area contributed by atoms with Gasteiger partial charge in [-0.15, -0.1) is 11.3 Å². The van der Waals surface area contributed by atoms with E-state index < -0.39 is 0 Å². The first kappa shape index (κ1) is 18.2. The Hall–Kier alpha value is -2.89. The van der Waals surface area contributed by atoms with Gasteiger partial charge in [-0.2, -0.15) is 5.10 Å². The summed E-state index contributed by atoms with van der Waals surface area (Å²) in [5.41, 5.74) is 5.61. The Bertz CT molecular complexity index is 1160. The number of fused-ring (bicyclic) bond motifs is 1. The van der Waals surface area contributed by atoms with Crippen molar-refractivity contribution in [1.82, 2.24) is 15.1 Å². The third-order valence-corrected chi connectivity index (χ3v) is 6.44. The number of aromatic amines is 1. The number of carbonyl (C=O) groups excluding carboxylic acids is 1. The number of hydrogen-bond donors (Lipinski definition) is 1. The minimum Gasteiger partial charge on any atom is -0.321 e. The fourth-order valence-electron chi connectivity index (χ4n) is 3.82. The van der Waals surface area contributed by atoms with Crippen LogP contribution in [0.2, 0.25) is 5.02 Å². The van der Waals surface area contributed by atoms with Gasteiger partial charge in [0.05, 0.1) is 11.7 Å². The van der Waals surface area contributed by atoms with E-state index in [-0.39, 0.29) is 11.9 Å². The molecule has 5 rings (SSSR count). The Morgan fingerprint density at radius 1 is 1.10 bits per heavy atom. The number of amides is 1. The Morgan fingerprint density at radius 2 is 1.86 bits per heavy atom. The van der Waals surface area contributed by atoms with E-state index in [2.05, 4.69) is 47.5 Å². The highest BCUT2D eigenvalue weighted by Crippen LogP contribution is 2.44. The van der Waals surface area contributed by atoms with Crippen LogP contribution < -0.4 is 0 Å². The van der Waals surface area contributed by atoms with Gasteiger partial charge in [-0.25, -0.2) is 0 Å². The lowest BCUT2D eigenvalue weighted by molar-refractivity contribution is 0.0732. The molecule has 0 saturated carbocycles. The molecule has 3 heterocycles. The van der Waals surface area contributed by atoms with Crippen molar-refractivity contribution in [2.24, 2.45) is 0 Å². The first-order valence-electron chi connectivity index (χ1n) is 9.36. The number of nitrogens with one attached hydrogen (secondary N) is 1. The molecule has 0 fully saturated rings. The summed E-state index contributed by atoms with van der Waals surface area (Å²) in [6.45, 7) is 2.57. The van der Waals surface area contributed by atoms with Gasteiger partial charge in [0.15, 0.2) is 0 Å². The lowest BCUT2D eigenvalue weighted by Gasteiger charge is -2.25. The van der Waals surface area contributed by atoms with Gasteiger partial charge < -0.3 is 4.90 Å². The number of rotatable bonds is 4. The van der Waals surface area contributed by atoms with Crippen molar-refractivity contribution in [3.63, 3.8) is 0 Å². The summed E-state index contributed by atoms with van der Waals surface area (Å²) in [4.78, 5) is 16.3. The van der Waals surface area contributed by atoms with Crippen molar-refractivity contribution < 1.29 is 4.79 Å². The standard InChI is InChI=1S/C23H18ClN3OS/c1-14-4-8-16(9-5-14)20-19-21(26-25-20)23(28)27(22(19)18-3-2-12-29-18)13-15-6-10-17(24)11-7-15/h2-12,22H,13H2,1H3,(H,25,26). The monoisotopic (exact) mass is 419 g/mol. The van der Waals surface area contributed by atoms with E-state index in [0.717, 1.165) is 27.3 Å². The van der Waals surface area contributed by atoms with Crippen LogP contribution in [-0.4, -0.2) is 21.0 Å². The molecule has 0 spiro atoms. The van der Waals surface area contributed by atoms with Gasteiger partial charge >= 0.3 is 0 Å². The number of H-pyrrole nitrogens is 1. The van der Waals surface area contributed by atoms with Gasteiger partial charge in [-0.1, -0.05) is 59.6 Å². The predicted octanol–water partition coefficient (Wildman–Crippen LogP) is 5.85. The molecule has 0 radical (unpaired) electrons. The van der Waals surface area contributed by atoms with Crippen LogP contribution in [0.1, 0.15) is 38.1 Å². The minimum absolute atomic E-state index is 0.0285. The molecule has 1 amide bonds. The zero-order valence-electron chi connectivity index (χ0n) is 15.7. The lowest BCUT2D eigenvalue weighted by Crippen LogP contribution is -2.28. The van der Waals surface area contributed by atoms with Crippen LogP contribution in [0.25, 0.3) is 11.3 Å². The van der Waals surface area contributed by atoms with E-state index in [1.165, 1.54) is 5.56 Å². The van der Waals surface area contributed by atoms with E-state index in [9.17, 15) is 4.79 Å². The Kier molecular flexibility index (Phi) is 4.49. The molecule has 4 aromatic rings. The molecule has 0 aliphatic carbocycles. The first-order chi connectivity index (χ1) is 14.1. The second-order valence-corrected chi connectivity index (χ2v) is 8.62. The van der Waals surface area contributed by atoms with Crippen molar-refractivity contribution in [3.05, 3.63) is 98.3 Å². The molecule has 6 heteroatoms. The quantitative estimate of drug-likeness (QED) is 0.451. The lowest BCUT2D eigenvalue weighted by atomic mass is 10.00. The molecule has 1 unspecified atom stereocenters. The van der Waals surface area contributed by atoms with Gasteiger partial charge in [0.2, 0.25) is 0 Å². The summed E-state index contributed by atoms with van der Waals surface area (Å²) in [5, 5.41) is 10.3. The van der Waals surface area contributed by atoms with Crippen LogP contribution in [0.15, 0.2) is 66.0 Å². The molecule has 29 heavy (non-hydrogen) atoms. The molecule has 144 valence electrons. The average Bonchev–Trinajstić information content (AvgIpc) is 3.44. The Balaban J connectivity index is 1.61. The summed E-state index contributed by atoms with van der Waals surface area (Å²) in [6, 6.07) is 19.8. The molecule has 1 N–H and O–H groups in total. The number of hydrogen-bond acceptors (Lipinski definition) is 3. The highest BCUT2D eigenvalue weighted by atomic mass is 35.5. The molecule has 2 aromatic heterocycles. The first-order valence-corrected chi connectivity index (χ1v) is 10.6. The average molecular weight is 420 g/mol. The van der Waals surface area contributed by atoms with E-state index >= 15 is 0 Å². The topological polar surface area (TPSA) is 49.0 Å². The molecule has 1 atom stereocenters. The number of nitrogens with zero attached hydrogens (tertiary/aromatic N) is 2. The third kappa shape index (κ3) is 3.16. The number of carbonyl (C=O) groups is 1. The van der Waals surface area contributed by atoms with Gasteiger partial charge in [0, 0.05) is 27.6 Å². The second-order valence-electron chi connectivity index (χ2n) is 7.20. The van der Waals surface area contributed by atoms with Crippen LogP contribution in [0.3, 0.4) is 0 Å². The largest absolute Gasteiger partial charge is 0.321 e. The summed E-state index contributed by atoms with van der Waals surface area (Å²) in [6.07, 6.45) is 0. The molecule has 0 saturated heterocycles. The predicted molar refractivity (Wildman–Crippen MR) is 116 cm³/mol. The maximum Gasteiger partial charge on any atom is 0.273 e.